The lowest BCUT2D eigenvalue weighted by Gasteiger charge is -2.53. The first kappa shape index (κ1) is 29.6. The fraction of sp³-hybridized carbons (Fsp3) is 0.455. The Kier molecular flexibility index (Phi) is 8.85. The van der Waals surface area contributed by atoms with Crippen molar-refractivity contribution in [1.29, 1.82) is 0 Å². The smallest absolute Gasteiger partial charge is 0.324 e. The maximum absolute atomic E-state index is 13.3. The Hall–Kier alpha value is -3.88. The van der Waals surface area contributed by atoms with E-state index in [1.54, 1.807) is 0 Å². The van der Waals surface area contributed by atoms with E-state index < -0.39 is 40.6 Å². The molecule has 1 aromatic rings. The van der Waals surface area contributed by atoms with E-state index in [-0.39, 0.29) is 47.2 Å². The molecule has 3 amide bonds. The summed E-state index contributed by atoms with van der Waals surface area (Å²) in [5.74, 6) is -3.12. The Morgan fingerprint density at radius 1 is 1.36 bits per heavy atom. The third-order valence-corrected chi connectivity index (χ3v) is 10.0. The molecule has 4 aliphatic rings. The average molecular weight is 640 g/mol. The van der Waals surface area contributed by atoms with E-state index in [1.165, 1.54) is 37.9 Å². The first-order chi connectivity index (χ1) is 20.2. The number of carbonyl (C=O) groups excluding carboxylic acids is 3. The maximum Gasteiger partial charge on any atom is 0.324 e. The molecule has 2 saturated heterocycles. The number of carbonyl (C=O) groups is 5. The maximum atomic E-state index is 13.3. The minimum atomic E-state index is -1.31. The third kappa shape index (κ3) is 6.30. The number of hydrogen-bond donors (Lipinski definition) is 5. The summed E-state index contributed by atoms with van der Waals surface area (Å²) in [6.45, 7) is -0.424. The van der Waals surface area contributed by atoms with E-state index in [0.29, 0.717) is 12.8 Å². The topological polar surface area (TPSA) is 218 Å². The summed E-state index contributed by atoms with van der Waals surface area (Å²) in [7, 11) is 0. The van der Waals surface area contributed by atoms with Crippen LogP contribution in [0, 0.1) is 5.41 Å². The van der Waals surface area contributed by atoms with E-state index in [1.807, 2.05) is 12.2 Å². The molecule has 5 N–H and O–H groups in total. The number of nitrogens with one attached hydrogen (secondary N) is 3. The van der Waals surface area contributed by atoms with Gasteiger partial charge in [-0.25, -0.2) is 4.98 Å². The first-order valence-corrected chi connectivity index (χ1v) is 15.3. The highest BCUT2D eigenvalue weighted by Gasteiger charge is 2.57. The van der Waals surface area contributed by atoms with Gasteiger partial charge in [-0.2, -0.15) is 0 Å². The SMILES string of the molecule is O=CNc1nc(C(=NOC2C=CCC2)C(=O)NC2C(=O)N3CC(CSN4N=CN(CC(=O)O)N4)(C(=O)O)CS[C@H]23)cs1. The number of aliphatic carboxylic acids is 2. The molecule has 0 saturated carbocycles. The number of allylic oxidation sites excluding steroid dienone is 1. The van der Waals surface area contributed by atoms with Crippen molar-refractivity contribution in [1.82, 2.24) is 30.3 Å². The van der Waals surface area contributed by atoms with Gasteiger partial charge in [0.2, 0.25) is 12.3 Å². The van der Waals surface area contributed by atoms with Crippen molar-refractivity contribution in [3.05, 3.63) is 23.2 Å². The number of fused-ring (bicyclic) bond motifs is 1. The van der Waals surface area contributed by atoms with Crippen LogP contribution in [0.4, 0.5) is 5.13 Å². The van der Waals surface area contributed by atoms with Gasteiger partial charge in [-0.1, -0.05) is 11.2 Å². The second-order valence-corrected chi connectivity index (χ2v) is 12.3. The predicted molar refractivity (Wildman–Crippen MR) is 152 cm³/mol. The standard InChI is InChI=1S/C22H25N9O8S3/c32-11-23-21-25-13(6-40-21)15(27-39-12-3-1-2-4-12)17(35)26-16-18(36)30-7-22(20(37)38,8-41-19(16)30)9-42-31-24-10-29(28-31)5-14(33)34/h1,3,6,10-12,16,19,28H,2,4-5,7-9H2,(H,26,35)(H,33,34)(H,37,38)(H,23,25,32)/t12?,16?,19-,22?/m1/s1. The Labute approximate surface area is 250 Å². The van der Waals surface area contributed by atoms with E-state index in [4.69, 9.17) is 9.94 Å². The van der Waals surface area contributed by atoms with Gasteiger partial charge in [0, 0.05) is 23.4 Å². The largest absolute Gasteiger partial charge is 0.481 e. The summed E-state index contributed by atoms with van der Waals surface area (Å²) in [4.78, 5) is 71.6. The molecule has 42 heavy (non-hydrogen) atoms. The lowest BCUT2D eigenvalue weighted by Crippen LogP contribution is -2.74. The van der Waals surface area contributed by atoms with Crippen molar-refractivity contribution in [2.75, 3.05) is 29.9 Å². The number of aromatic nitrogens is 1. The van der Waals surface area contributed by atoms with Gasteiger partial charge in [0.15, 0.2) is 10.8 Å². The van der Waals surface area contributed by atoms with Gasteiger partial charge in [0.25, 0.3) is 5.91 Å². The zero-order valence-corrected chi connectivity index (χ0v) is 24.1. The highest BCUT2D eigenvalue weighted by molar-refractivity contribution is 8.00. The van der Waals surface area contributed by atoms with E-state index in [0.717, 1.165) is 29.7 Å². The number of thioether (sulfide) groups is 1. The van der Waals surface area contributed by atoms with Gasteiger partial charge in [0.05, 0.1) is 0 Å². The number of carboxylic acid groups (broad SMARTS) is 2. The summed E-state index contributed by atoms with van der Waals surface area (Å²) < 4.78 is 1.25. The van der Waals surface area contributed by atoms with Crippen molar-refractivity contribution in [2.45, 2.75) is 30.4 Å². The van der Waals surface area contributed by atoms with Gasteiger partial charge in [-0.05, 0) is 30.9 Å². The third-order valence-electron chi connectivity index (χ3n) is 6.56. The van der Waals surface area contributed by atoms with Crippen molar-refractivity contribution in [3.63, 3.8) is 0 Å². The Morgan fingerprint density at radius 2 is 2.19 bits per heavy atom. The molecule has 0 bridgehead atoms. The lowest BCUT2D eigenvalue weighted by molar-refractivity contribution is -0.157. The van der Waals surface area contributed by atoms with Crippen molar-refractivity contribution < 1.29 is 39.0 Å². The molecule has 4 atom stereocenters. The number of nitrogens with zero attached hydrogens (tertiary/aromatic N) is 6. The van der Waals surface area contributed by atoms with Crippen LogP contribution in [0.3, 0.4) is 0 Å². The summed E-state index contributed by atoms with van der Waals surface area (Å²) in [5, 5.41) is 34.6. The molecule has 3 unspecified atom stereocenters. The molecule has 0 spiro atoms. The molecule has 20 heteroatoms. The molecular formula is C22H25N9O8S3. The second kappa shape index (κ2) is 12.5. The number of thiazole rings is 1. The van der Waals surface area contributed by atoms with Gasteiger partial charge >= 0.3 is 11.9 Å². The van der Waals surface area contributed by atoms with Crippen LogP contribution >= 0.6 is 35.0 Å². The van der Waals surface area contributed by atoms with Crippen molar-refractivity contribution >= 4 is 82.4 Å². The number of amides is 3. The summed E-state index contributed by atoms with van der Waals surface area (Å²) in [5.41, 5.74) is 1.38. The molecule has 1 aromatic heterocycles. The van der Waals surface area contributed by atoms with Crippen LogP contribution < -0.4 is 16.2 Å². The molecule has 0 radical (unpaired) electrons. The lowest BCUT2D eigenvalue weighted by atomic mass is 9.89. The number of carboxylic acids is 2. The summed E-state index contributed by atoms with van der Waals surface area (Å²) >= 11 is 3.35. The predicted octanol–water partition coefficient (Wildman–Crippen LogP) is -0.665. The van der Waals surface area contributed by atoms with E-state index >= 15 is 0 Å². The molecular weight excluding hydrogens is 614 g/mol. The van der Waals surface area contributed by atoms with Gasteiger partial charge < -0.3 is 30.6 Å². The number of rotatable bonds is 13. The van der Waals surface area contributed by atoms with E-state index in [9.17, 15) is 29.1 Å². The normalized spacial score (nSPS) is 26.6. The molecule has 4 heterocycles. The van der Waals surface area contributed by atoms with Gasteiger partial charge in [0.1, 0.15) is 41.5 Å². The first-order valence-electron chi connectivity index (χ1n) is 12.4. The van der Waals surface area contributed by atoms with Crippen LogP contribution in [-0.2, 0) is 28.8 Å². The number of oxime groups is 1. The fourth-order valence-corrected chi connectivity index (χ4v) is 7.66. The highest BCUT2D eigenvalue weighted by Crippen LogP contribution is 2.44. The summed E-state index contributed by atoms with van der Waals surface area (Å²) in [6.07, 6.45) is 6.71. The molecule has 5 rings (SSSR count). The number of hydrogen-bond acceptors (Lipinski definition) is 15. The van der Waals surface area contributed by atoms with Crippen LogP contribution in [0.2, 0.25) is 0 Å². The highest BCUT2D eigenvalue weighted by atomic mass is 32.2. The van der Waals surface area contributed by atoms with Crippen LogP contribution in [0.15, 0.2) is 27.8 Å². The Morgan fingerprint density at radius 3 is 2.90 bits per heavy atom. The van der Waals surface area contributed by atoms with Crippen LogP contribution in [0.5, 0.6) is 0 Å². The summed E-state index contributed by atoms with van der Waals surface area (Å²) in [6, 6.07) is -0.917. The molecule has 0 aromatic carbocycles. The van der Waals surface area contributed by atoms with Crippen LogP contribution in [0.25, 0.3) is 0 Å². The van der Waals surface area contributed by atoms with E-state index in [2.05, 4.69) is 31.4 Å². The van der Waals surface area contributed by atoms with Crippen LogP contribution in [0.1, 0.15) is 18.5 Å². The Balaban J connectivity index is 1.22. The van der Waals surface area contributed by atoms with Gasteiger partial charge in [-0.3, -0.25) is 29.0 Å². The number of hydrazine groups is 2. The zero-order chi connectivity index (χ0) is 29.9. The molecule has 3 aliphatic heterocycles. The monoisotopic (exact) mass is 639 g/mol. The second-order valence-electron chi connectivity index (χ2n) is 9.49. The zero-order valence-electron chi connectivity index (χ0n) is 21.6. The van der Waals surface area contributed by atoms with Crippen LogP contribution in [-0.4, -0.2) is 114 Å². The number of β-lactam (4-membered cyclic amide) rings is 1. The molecule has 1 aliphatic carbocycles. The number of anilines is 1. The molecule has 17 nitrogen and oxygen atoms in total. The van der Waals surface area contributed by atoms with Crippen molar-refractivity contribution in [2.24, 2.45) is 15.7 Å². The minimum absolute atomic E-state index is 0.0405. The minimum Gasteiger partial charge on any atom is -0.481 e. The number of hydrazone groups is 1. The Bertz CT molecular complexity index is 1360. The van der Waals surface area contributed by atoms with Gasteiger partial charge in [-0.15, -0.1) is 38.3 Å². The fourth-order valence-electron chi connectivity index (χ4n) is 4.37. The molecule has 224 valence electrons. The average Bonchev–Trinajstić information content (AvgIpc) is 3.74. The molecule has 2 fully saturated rings. The quantitative estimate of drug-likeness (QED) is 0.0452. The van der Waals surface area contributed by atoms with Crippen molar-refractivity contribution in [3.8, 4) is 0 Å².